The Labute approximate surface area is 162 Å². The minimum atomic E-state index is 0.113. The maximum Gasteiger partial charge on any atom is 0.255 e. The molecule has 2 heterocycles. The van der Waals surface area contributed by atoms with Crippen molar-refractivity contribution in [2.24, 2.45) is 5.92 Å². The molecule has 4 heteroatoms. The van der Waals surface area contributed by atoms with Gasteiger partial charge in [-0.2, -0.15) is 0 Å². The van der Waals surface area contributed by atoms with E-state index in [1.54, 1.807) is 6.20 Å². The normalized spacial score (nSPS) is 18.8. The highest BCUT2D eigenvalue weighted by Crippen LogP contribution is 2.27. The van der Waals surface area contributed by atoms with Gasteiger partial charge >= 0.3 is 0 Å². The number of rotatable bonds is 4. The number of amides is 1. The van der Waals surface area contributed by atoms with Crippen molar-refractivity contribution in [1.29, 1.82) is 0 Å². The molecule has 0 N–H and O–H groups in total. The molecule has 27 heavy (non-hydrogen) atoms. The highest BCUT2D eigenvalue weighted by molar-refractivity contribution is 5.95. The van der Waals surface area contributed by atoms with E-state index in [4.69, 9.17) is 0 Å². The zero-order valence-corrected chi connectivity index (χ0v) is 16.2. The van der Waals surface area contributed by atoms with Gasteiger partial charge < -0.3 is 9.80 Å². The van der Waals surface area contributed by atoms with E-state index < -0.39 is 0 Å². The van der Waals surface area contributed by atoms with Gasteiger partial charge in [0.2, 0.25) is 0 Å². The van der Waals surface area contributed by atoms with Gasteiger partial charge in [0.15, 0.2) is 0 Å². The molecule has 1 aliphatic carbocycles. The van der Waals surface area contributed by atoms with E-state index >= 15 is 0 Å². The van der Waals surface area contributed by atoms with Crippen molar-refractivity contribution in [3.05, 3.63) is 53.9 Å². The van der Waals surface area contributed by atoms with E-state index in [1.165, 1.54) is 31.4 Å². The summed E-state index contributed by atoms with van der Waals surface area (Å²) in [6.07, 6.45) is 8.77. The summed E-state index contributed by atoms with van der Waals surface area (Å²) >= 11 is 0. The van der Waals surface area contributed by atoms with Crippen LogP contribution in [0.15, 0.2) is 42.7 Å². The summed E-state index contributed by atoms with van der Waals surface area (Å²) in [5.74, 6) is 1.00. The molecular weight excluding hydrogens is 334 g/mol. The molecule has 1 aromatic heterocycles. The first kappa shape index (κ1) is 18.2. The second-order valence-electron chi connectivity index (χ2n) is 8.07. The number of nitrogens with zero attached hydrogens (tertiary/aromatic N) is 3. The lowest BCUT2D eigenvalue weighted by Gasteiger charge is -2.31. The van der Waals surface area contributed by atoms with Crippen LogP contribution in [0.3, 0.4) is 0 Å². The molecule has 4 nitrogen and oxygen atoms in total. The summed E-state index contributed by atoms with van der Waals surface area (Å²) in [6, 6.07) is 10.3. The maximum atomic E-state index is 13.1. The summed E-state index contributed by atoms with van der Waals surface area (Å²) in [7, 11) is 0. The van der Waals surface area contributed by atoms with Crippen molar-refractivity contribution in [2.75, 3.05) is 32.7 Å². The Morgan fingerprint density at radius 1 is 1.00 bits per heavy atom. The lowest BCUT2D eigenvalue weighted by atomic mass is 9.85. The van der Waals surface area contributed by atoms with Gasteiger partial charge in [-0.15, -0.1) is 0 Å². The Kier molecular flexibility index (Phi) is 5.53. The molecule has 2 aromatic rings. The Balaban J connectivity index is 1.42. The molecule has 2 aliphatic rings. The predicted octanol–water partition coefficient (Wildman–Crippen LogP) is 4.01. The average molecular weight is 364 g/mol. The minimum Gasteiger partial charge on any atom is -0.337 e. The lowest BCUT2D eigenvalue weighted by Crippen LogP contribution is -2.37. The van der Waals surface area contributed by atoms with Crippen molar-refractivity contribution in [3.63, 3.8) is 0 Å². The number of pyridine rings is 1. The molecule has 1 saturated carbocycles. The SMILES string of the molecule is Cc1ccc(-c2cncc(C(=O)N3CCCN(CC4CCC4)CC3)c2)cc1. The summed E-state index contributed by atoms with van der Waals surface area (Å²) in [4.78, 5) is 22.0. The zero-order valence-electron chi connectivity index (χ0n) is 16.2. The summed E-state index contributed by atoms with van der Waals surface area (Å²) < 4.78 is 0. The van der Waals surface area contributed by atoms with E-state index in [0.29, 0.717) is 5.56 Å². The summed E-state index contributed by atoms with van der Waals surface area (Å²) in [5, 5.41) is 0. The van der Waals surface area contributed by atoms with Crippen molar-refractivity contribution in [1.82, 2.24) is 14.8 Å². The zero-order chi connectivity index (χ0) is 18.6. The van der Waals surface area contributed by atoms with Crippen LogP contribution < -0.4 is 0 Å². The topological polar surface area (TPSA) is 36.4 Å². The first-order chi connectivity index (χ1) is 13.2. The Morgan fingerprint density at radius 2 is 1.81 bits per heavy atom. The third kappa shape index (κ3) is 4.38. The quantitative estimate of drug-likeness (QED) is 0.824. The van der Waals surface area contributed by atoms with Gasteiger partial charge in [0, 0.05) is 44.1 Å². The van der Waals surface area contributed by atoms with Gasteiger partial charge in [-0.3, -0.25) is 9.78 Å². The van der Waals surface area contributed by atoms with Gasteiger partial charge in [0.1, 0.15) is 0 Å². The second kappa shape index (κ2) is 8.22. The number of aryl methyl sites for hydroxylation is 1. The number of carbonyl (C=O) groups is 1. The van der Waals surface area contributed by atoms with E-state index in [9.17, 15) is 4.79 Å². The van der Waals surface area contributed by atoms with Crippen molar-refractivity contribution in [3.8, 4) is 11.1 Å². The van der Waals surface area contributed by atoms with Crippen molar-refractivity contribution < 1.29 is 4.79 Å². The van der Waals surface area contributed by atoms with E-state index in [1.807, 2.05) is 17.2 Å². The van der Waals surface area contributed by atoms with Gasteiger partial charge in [0.05, 0.1) is 5.56 Å². The van der Waals surface area contributed by atoms with Crippen LogP contribution in [-0.4, -0.2) is 53.4 Å². The maximum absolute atomic E-state index is 13.1. The van der Waals surface area contributed by atoms with Gasteiger partial charge in [-0.25, -0.2) is 0 Å². The van der Waals surface area contributed by atoms with Crippen LogP contribution in [0.5, 0.6) is 0 Å². The number of hydrogen-bond donors (Lipinski definition) is 0. The van der Waals surface area contributed by atoms with Crippen LogP contribution in [0.25, 0.3) is 11.1 Å². The smallest absolute Gasteiger partial charge is 0.255 e. The number of carbonyl (C=O) groups excluding carboxylic acids is 1. The largest absolute Gasteiger partial charge is 0.337 e. The minimum absolute atomic E-state index is 0.113. The Morgan fingerprint density at radius 3 is 2.56 bits per heavy atom. The highest BCUT2D eigenvalue weighted by atomic mass is 16.2. The lowest BCUT2D eigenvalue weighted by molar-refractivity contribution is 0.0758. The first-order valence-corrected chi connectivity index (χ1v) is 10.2. The van der Waals surface area contributed by atoms with Crippen LogP contribution in [0.2, 0.25) is 0 Å². The molecule has 0 atom stereocenters. The molecule has 1 aromatic carbocycles. The standard InChI is InChI=1S/C23H29N3O/c1-18-6-8-20(9-7-18)21-14-22(16-24-15-21)23(27)26-11-3-10-25(12-13-26)17-19-4-2-5-19/h6-9,14-16,19H,2-5,10-13,17H2,1H3. The molecule has 0 bridgehead atoms. The molecule has 0 unspecified atom stereocenters. The predicted molar refractivity (Wildman–Crippen MR) is 109 cm³/mol. The fourth-order valence-corrected chi connectivity index (χ4v) is 4.04. The molecule has 142 valence electrons. The van der Waals surface area contributed by atoms with Gasteiger partial charge in [-0.05, 0) is 50.3 Å². The van der Waals surface area contributed by atoms with Crippen LogP contribution in [0.4, 0.5) is 0 Å². The van der Waals surface area contributed by atoms with Crippen LogP contribution in [-0.2, 0) is 0 Å². The number of hydrogen-bond acceptors (Lipinski definition) is 3. The molecule has 2 fully saturated rings. The molecule has 0 spiro atoms. The average Bonchev–Trinajstić information content (AvgIpc) is 2.90. The summed E-state index contributed by atoms with van der Waals surface area (Å²) in [6.45, 7) is 7.06. The molecule has 1 saturated heterocycles. The highest BCUT2D eigenvalue weighted by Gasteiger charge is 2.24. The van der Waals surface area contributed by atoms with Gasteiger partial charge in [-0.1, -0.05) is 36.2 Å². The molecule has 4 rings (SSSR count). The third-order valence-corrected chi connectivity index (χ3v) is 5.99. The fraction of sp³-hybridized carbons (Fsp3) is 0.478. The number of benzene rings is 1. The monoisotopic (exact) mass is 363 g/mol. The third-order valence-electron chi connectivity index (χ3n) is 5.99. The van der Waals surface area contributed by atoms with E-state index in [0.717, 1.165) is 49.6 Å². The first-order valence-electron chi connectivity index (χ1n) is 10.2. The van der Waals surface area contributed by atoms with E-state index in [-0.39, 0.29) is 5.91 Å². The molecular formula is C23H29N3O. The molecule has 0 radical (unpaired) electrons. The van der Waals surface area contributed by atoms with Crippen molar-refractivity contribution >= 4 is 5.91 Å². The summed E-state index contributed by atoms with van der Waals surface area (Å²) in [5.41, 5.74) is 4.03. The van der Waals surface area contributed by atoms with Crippen LogP contribution >= 0.6 is 0 Å². The van der Waals surface area contributed by atoms with Gasteiger partial charge in [0.25, 0.3) is 5.91 Å². The Hall–Kier alpha value is -2.20. The van der Waals surface area contributed by atoms with Crippen LogP contribution in [0, 0.1) is 12.8 Å². The molecule has 1 amide bonds. The fourth-order valence-electron chi connectivity index (χ4n) is 4.04. The van der Waals surface area contributed by atoms with E-state index in [2.05, 4.69) is 41.1 Å². The number of aromatic nitrogens is 1. The second-order valence-corrected chi connectivity index (χ2v) is 8.07. The van der Waals surface area contributed by atoms with Crippen molar-refractivity contribution in [2.45, 2.75) is 32.6 Å². The van der Waals surface area contributed by atoms with Crippen LogP contribution in [0.1, 0.15) is 41.6 Å². The molecule has 1 aliphatic heterocycles. The Bertz CT molecular complexity index is 782.